The van der Waals surface area contributed by atoms with Gasteiger partial charge in [0.05, 0.1) is 39.6 Å². The minimum absolute atomic E-state index is 0.147. The Morgan fingerprint density at radius 1 is 0.525 bits per heavy atom. The summed E-state index contributed by atoms with van der Waals surface area (Å²) in [7, 11) is 1.48. The SMILES string of the molecule is CO[C@H]1O[C@@H]2COC(c3ccccc3)O[C@H]2[C@H](O[C@H]2O[C@H](COCc3ccccc3)[C@@H](OCc3ccccc3)[C@H](OCc3ccccc3)[C@H]2OCc2ccccc2)[C@H]1O. The van der Waals surface area contributed by atoms with Crippen LogP contribution in [-0.4, -0.2) is 86.8 Å². The molecule has 3 heterocycles. The average Bonchev–Trinajstić information content (AvgIpc) is 3.29. The molecule has 8 rings (SSSR count). The van der Waals surface area contributed by atoms with Gasteiger partial charge in [-0.05, 0) is 22.3 Å². The van der Waals surface area contributed by atoms with Crippen LogP contribution in [0.3, 0.4) is 0 Å². The topological polar surface area (TPSA) is 113 Å². The number of aliphatic hydroxyl groups excluding tert-OH is 1. The standard InChI is InChI=1S/C48H52O11/c1-50-47-40(49)43(42-39(56-47)32-55-46(58-42)37-25-15-6-16-26-37)59-48-45(54-30-36-23-13-5-14-24-36)44(53-29-35-21-11-4-12-22-35)41(52-28-34-19-9-3-10-20-34)38(57-48)31-51-27-33-17-7-2-8-18-33/h2-26,38-49H,27-32H2,1H3/t38-,39-,40-,41-,42-,43-,44+,45-,46?,47+,48-/m1/s1. The highest BCUT2D eigenvalue weighted by molar-refractivity contribution is 5.18. The third-order valence-corrected chi connectivity index (χ3v) is 10.7. The fraction of sp³-hybridized carbons (Fsp3) is 0.375. The number of methoxy groups -OCH3 is 1. The number of aliphatic hydroxyl groups is 1. The lowest BCUT2D eigenvalue weighted by Crippen LogP contribution is -2.67. The van der Waals surface area contributed by atoms with Crippen molar-refractivity contribution >= 4 is 0 Å². The van der Waals surface area contributed by atoms with Crippen molar-refractivity contribution in [1.82, 2.24) is 0 Å². The molecule has 0 aromatic heterocycles. The Morgan fingerprint density at radius 3 is 1.56 bits per heavy atom. The lowest BCUT2D eigenvalue weighted by atomic mass is 9.95. The van der Waals surface area contributed by atoms with Crippen molar-refractivity contribution in [2.24, 2.45) is 0 Å². The zero-order valence-corrected chi connectivity index (χ0v) is 33.1. The summed E-state index contributed by atoms with van der Waals surface area (Å²) in [5, 5.41) is 11.9. The monoisotopic (exact) mass is 804 g/mol. The van der Waals surface area contributed by atoms with E-state index in [0.29, 0.717) is 13.2 Å². The van der Waals surface area contributed by atoms with Gasteiger partial charge >= 0.3 is 0 Å². The lowest BCUT2D eigenvalue weighted by molar-refractivity contribution is -0.396. The zero-order chi connectivity index (χ0) is 40.2. The van der Waals surface area contributed by atoms with E-state index in [1.54, 1.807) is 0 Å². The van der Waals surface area contributed by atoms with E-state index in [0.717, 1.165) is 27.8 Å². The first-order valence-electron chi connectivity index (χ1n) is 20.2. The van der Waals surface area contributed by atoms with Crippen molar-refractivity contribution < 1.29 is 52.5 Å². The van der Waals surface area contributed by atoms with Gasteiger partial charge < -0.3 is 52.5 Å². The summed E-state index contributed by atoms with van der Waals surface area (Å²) < 4.78 is 65.4. The van der Waals surface area contributed by atoms with Crippen molar-refractivity contribution in [3.05, 3.63) is 179 Å². The second kappa shape index (κ2) is 20.8. The van der Waals surface area contributed by atoms with Crippen LogP contribution in [0.4, 0.5) is 0 Å². The van der Waals surface area contributed by atoms with Gasteiger partial charge in [-0.3, -0.25) is 0 Å². The molecule has 0 aliphatic carbocycles. The summed E-state index contributed by atoms with van der Waals surface area (Å²) in [6.45, 7) is 1.47. The van der Waals surface area contributed by atoms with Crippen LogP contribution in [-0.2, 0) is 73.8 Å². The van der Waals surface area contributed by atoms with Crippen LogP contribution in [0.15, 0.2) is 152 Å². The van der Waals surface area contributed by atoms with Gasteiger partial charge in [0.15, 0.2) is 18.9 Å². The highest BCUT2D eigenvalue weighted by Crippen LogP contribution is 2.39. The highest BCUT2D eigenvalue weighted by Gasteiger charge is 2.55. The molecule has 1 N–H and O–H groups in total. The number of rotatable bonds is 17. The van der Waals surface area contributed by atoms with Crippen molar-refractivity contribution in [3.8, 4) is 0 Å². The molecule has 3 fully saturated rings. The summed E-state index contributed by atoms with van der Waals surface area (Å²) in [6.07, 6.45) is -9.43. The average molecular weight is 805 g/mol. The van der Waals surface area contributed by atoms with Gasteiger partial charge in [0.2, 0.25) is 0 Å². The van der Waals surface area contributed by atoms with Crippen molar-refractivity contribution in [1.29, 1.82) is 0 Å². The molecule has 5 aromatic carbocycles. The molecule has 3 saturated heterocycles. The molecule has 3 aliphatic heterocycles. The van der Waals surface area contributed by atoms with E-state index >= 15 is 0 Å². The molecule has 11 heteroatoms. The molecule has 310 valence electrons. The van der Waals surface area contributed by atoms with Gasteiger partial charge in [0.1, 0.15) is 48.8 Å². The maximum Gasteiger partial charge on any atom is 0.187 e. The van der Waals surface area contributed by atoms with E-state index in [1.807, 2.05) is 152 Å². The van der Waals surface area contributed by atoms with E-state index in [1.165, 1.54) is 7.11 Å². The minimum Gasteiger partial charge on any atom is -0.385 e. The molecule has 3 aliphatic rings. The number of fused-ring (bicyclic) bond motifs is 1. The van der Waals surface area contributed by atoms with Crippen molar-refractivity contribution in [2.45, 2.75) is 94.1 Å². The number of ether oxygens (including phenoxy) is 10. The Labute approximate surface area is 345 Å². The zero-order valence-electron chi connectivity index (χ0n) is 33.1. The van der Waals surface area contributed by atoms with Gasteiger partial charge in [-0.2, -0.15) is 0 Å². The molecule has 1 unspecified atom stereocenters. The fourth-order valence-corrected chi connectivity index (χ4v) is 7.70. The summed E-state index contributed by atoms with van der Waals surface area (Å²) in [4.78, 5) is 0. The summed E-state index contributed by atoms with van der Waals surface area (Å²) in [5.74, 6) is 0. The first-order valence-corrected chi connectivity index (χ1v) is 20.2. The van der Waals surface area contributed by atoms with E-state index < -0.39 is 67.7 Å². The predicted molar refractivity (Wildman–Crippen MR) is 216 cm³/mol. The van der Waals surface area contributed by atoms with E-state index in [4.69, 9.17) is 47.4 Å². The Morgan fingerprint density at radius 2 is 1.02 bits per heavy atom. The van der Waals surface area contributed by atoms with Gasteiger partial charge in [-0.1, -0.05) is 152 Å². The highest BCUT2D eigenvalue weighted by atomic mass is 16.8. The minimum atomic E-state index is -1.27. The molecule has 11 nitrogen and oxygen atoms in total. The molecule has 5 aromatic rings. The fourth-order valence-electron chi connectivity index (χ4n) is 7.70. The molecule has 0 spiro atoms. The van der Waals surface area contributed by atoms with Crippen LogP contribution >= 0.6 is 0 Å². The quantitative estimate of drug-likeness (QED) is 0.106. The molecule has 0 saturated carbocycles. The third-order valence-electron chi connectivity index (χ3n) is 10.7. The lowest BCUT2D eigenvalue weighted by Gasteiger charge is -2.51. The van der Waals surface area contributed by atoms with Crippen LogP contribution < -0.4 is 0 Å². The van der Waals surface area contributed by atoms with Gasteiger partial charge in [-0.25, -0.2) is 0 Å². The van der Waals surface area contributed by atoms with Crippen LogP contribution in [0.25, 0.3) is 0 Å². The number of benzene rings is 5. The van der Waals surface area contributed by atoms with Crippen molar-refractivity contribution in [2.75, 3.05) is 20.3 Å². The normalized spacial score (nSPS) is 29.4. The van der Waals surface area contributed by atoms with Crippen LogP contribution in [0.5, 0.6) is 0 Å². The molecule has 59 heavy (non-hydrogen) atoms. The second-order valence-corrected chi connectivity index (χ2v) is 14.9. The van der Waals surface area contributed by atoms with Gasteiger partial charge in [0, 0.05) is 12.7 Å². The van der Waals surface area contributed by atoms with E-state index in [2.05, 4.69) is 0 Å². The molecule has 0 bridgehead atoms. The van der Waals surface area contributed by atoms with Gasteiger partial charge in [0.25, 0.3) is 0 Å². The van der Waals surface area contributed by atoms with E-state index in [-0.39, 0.29) is 26.4 Å². The Bertz CT molecular complexity index is 1940. The van der Waals surface area contributed by atoms with Crippen LogP contribution in [0, 0.1) is 0 Å². The maximum atomic E-state index is 11.9. The van der Waals surface area contributed by atoms with E-state index in [9.17, 15) is 5.11 Å². The number of hydrogen-bond donors (Lipinski definition) is 1. The summed E-state index contributed by atoms with van der Waals surface area (Å²) in [5.41, 5.74) is 4.77. The smallest absolute Gasteiger partial charge is 0.187 e. The van der Waals surface area contributed by atoms with Crippen LogP contribution in [0.2, 0.25) is 0 Å². The second-order valence-electron chi connectivity index (χ2n) is 14.9. The number of hydrogen-bond acceptors (Lipinski definition) is 11. The maximum absolute atomic E-state index is 11.9. The molecule has 0 radical (unpaired) electrons. The molecule has 0 amide bonds. The Hall–Kier alpha value is -4.34. The molecule has 11 atom stereocenters. The Kier molecular flexibility index (Phi) is 14.6. The first-order chi connectivity index (χ1) is 29.1. The summed E-state index contributed by atoms with van der Waals surface area (Å²) in [6, 6.07) is 49.4. The first kappa shape index (κ1) is 41.4. The summed E-state index contributed by atoms with van der Waals surface area (Å²) >= 11 is 0. The van der Waals surface area contributed by atoms with Crippen molar-refractivity contribution in [3.63, 3.8) is 0 Å². The predicted octanol–water partition coefficient (Wildman–Crippen LogP) is 6.92. The van der Waals surface area contributed by atoms with Crippen LogP contribution in [0.1, 0.15) is 34.1 Å². The third kappa shape index (κ3) is 10.7. The largest absolute Gasteiger partial charge is 0.385 e. The molecular weight excluding hydrogens is 753 g/mol. The van der Waals surface area contributed by atoms with Gasteiger partial charge in [-0.15, -0.1) is 0 Å². The molecular formula is C48H52O11. The Balaban J connectivity index is 1.14.